The number of allylic oxidation sites excluding steroid dienone is 1. The second-order valence-corrected chi connectivity index (χ2v) is 6.53. The van der Waals surface area contributed by atoms with Crippen LogP contribution in [0, 0.1) is 23.2 Å². The predicted octanol–water partition coefficient (Wildman–Crippen LogP) is 1.82. The highest BCUT2D eigenvalue weighted by molar-refractivity contribution is 5.76. The summed E-state index contributed by atoms with van der Waals surface area (Å²) in [4.78, 5) is 22.5. The van der Waals surface area contributed by atoms with E-state index >= 15 is 0 Å². The van der Waals surface area contributed by atoms with E-state index in [0.29, 0.717) is 24.3 Å². The monoisotopic (exact) mass is 264 g/mol. The van der Waals surface area contributed by atoms with Crippen LogP contribution in [0.2, 0.25) is 0 Å². The third-order valence-electron chi connectivity index (χ3n) is 5.14. The Bertz CT molecular complexity index is 451. The molecule has 106 valence electrons. The summed E-state index contributed by atoms with van der Waals surface area (Å²) in [6.07, 6.45) is 1.10. The van der Waals surface area contributed by atoms with Crippen molar-refractivity contribution in [3.05, 3.63) is 11.3 Å². The van der Waals surface area contributed by atoms with Crippen LogP contribution in [0.4, 0.5) is 0 Å². The van der Waals surface area contributed by atoms with Gasteiger partial charge in [0.15, 0.2) is 0 Å². The van der Waals surface area contributed by atoms with Gasteiger partial charge in [-0.2, -0.15) is 0 Å². The molecule has 1 saturated carbocycles. The van der Waals surface area contributed by atoms with Crippen LogP contribution in [-0.2, 0) is 9.59 Å². The molecule has 0 aromatic rings. The predicted molar refractivity (Wildman–Crippen MR) is 74.1 cm³/mol. The van der Waals surface area contributed by atoms with Crippen molar-refractivity contribution in [2.45, 2.75) is 41.0 Å². The van der Waals surface area contributed by atoms with Gasteiger partial charge in [0.25, 0.3) is 0 Å². The average molecular weight is 264 g/mol. The van der Waals surface area contributed by atoms with Gasteiger partial charge in [-0.3, -0.25) is 9.59 Å². The topological polar surface area (TPSA) is 58.2 Å². The Labute approximate surface area is 115 Å². The van der Waals surface area contributed by atoms with Gasteiger partial charge in [-0.1, -0.05) is 20.8 Å². The van der Waals surface area contributed by atoms with Gasteiger partial charge in [-0.05, 0) is 29.2 Å². The van der Waals surface area contributed by atoms with Crippen LogP contribution >= 0.6 is 0 Å². The van der Waals surface area contributed by atoms with Crippen molar-refractivity contribution in [2.24, 2.45) is 23.2 Å². The number of hydrogen-bond donors (Lipinski definition) is 2. The molecule has 2 aliphatic rings. The van der Waals surface area contributed by atoms with Crippen LogP contribution < -0.4 is 10.6 Å². The highest BCUT2D eigenvalue weighted by atomic mass is 16.2. The lowest BCUT2D eigenvalue weighted by Crippen LogP contribution is -2.38. The van der Waals surface area contributed by atoms with E-state index in [1.54, 1.807) is 6.92 Å². The third-order valence-corrected chi connectivity index (χ3v) is 5.14. The van der Waals surface area contributed by atoms with Crippen LogP contribution in [0.1, 0.15) is 41.0 Å². The summed E-state index contributed by atoms with van der Waals surface area (Å²) < 4.78 is 0. The molecule has 0 aromatic heterocycles. The summed E-state index contributed by atoms with van der Waals surface area (Å²) in [5.74, 6) is 1.39. The minimum Gasteiger partial charge on any atom is -0.353 e. The maximum atomic E-state index is 11.4. The molecule has 0 aromatic carbocycles. The Kier molecular flexibility index (Phi) is 3.45. The first-order chi connectivity index (χ1) is 8.75. The van der Waals surface area contributed by atoms with Crippen molar-refractivity contribution in [3.63, 3.8) is 0 Å². The van der Waals surface area contributed by atoms with Crippen molar-refractivity contribution < 1.29 is 9.59 Å². The van der Waals surface area contributed by atoms with E-state index in [-0.39, 0.29) is 17.2 Å². The fourth-order valence-corrected chi connectivity index (χ4v) is 3.78. The lowest BCUT2D eigenvalue weighted by Gasteiger charge is -2.39. The maximum Gasteiger partial charge on any atom is 0.221 e. The molecule has 0 heterocycles. The van der Waals surface area contributed by atoms with Gasteiger partial charge in [0.1, 0.15) is 0 Å². The molecular formula is C15H24N2O2. The molecule has 2 N–H and O–H groups in total. The molecule has 2 amide bonds. The van der Waals surface area contributed by atoms with Crippen molar-refractivity contribution in [3.8, 4) is 0 Å². The highest BCUT2D eigenvalue weighted by Crippen LogP contribution is 2.60. The van der Waals surface area contributed by atoms with Crippen molar-refractivity contribution in [1.29, 1.82) is 0 Å². The molecule has 1 fully saturated rings. The quantitative estimate of drug-likeness (QED) is 0.817. The molecule has 3 atom stereocenters. The third kappa shape index (κ3) is 2.28. The Morgan fingerprint density at radius 2 is 1.89 bits per heavy atom. The van der Waals surface area contributed by atoms with E-state index in [2.05, 4.69) is 31.4 Å². The number of amides is 2. The van der Waals surface area contributed by atoms with Gasteiger partial charge >= 0.3 is 0 Å². The first-order valence-electron chi connectivity index (χ1n) is 7.00. The van der Waals surface area contributed by atoms with Gasteiger partial charge in [-0.15, -0.1) is 0 Å². The molecule has 19 heavy (non-hydrogen) atoms. The largest absolute Gasteiger partial charge is 0.353 e. The zero-order valence-electron chi connectivity index (χ0n) is 12.5. The summed E-state index contributed by atoms with van der Waals surface area (Å²) in [6.45, 7) is 10.5. The fourth-order valence-electron chi connectivity index (χ4n) is 3.78. The average Bonchev–Trinajstić information content (AvgIpc) is 2.72. The number of carbonyl (C=O) groups excluding carboxylic acids is 2. The summed E-state index contributed by atoms with van der Waals surface area (Å²) in [5, 5.41) is 5.88. The standard InChI is InChI=1S/C15H24N2O2/c1-8-11-6-13(15(8,4)5)12(7-16-9(2)18)14(11)17-10(3)19/h8,11,13H,6-7H2,1-5H3,(H,16,18)(H,17,19)/t8-,11+,13-/m1/s1. The molecule has 0 spiro atoms. The Hall–Kier alpha value is -1.32. The van der Waals surface area contributed by atoms with Gasteiger partial charge in [0, 0.05) is 32.0 Å². The first kappa shape index (κ1) is 14.1. The Morgan fingerprint density at radius 1 is 1.26 bits per heavy atom. The van der Waals surface area contributed by atoms with E-state index in [0.717, 1.165) is 12.1 Å². The molecule has 0 radical (unpaired) electrons. The second kappa shape index (κ2) is 4.66. The molecule has 2 bridgehead atoms. The second-order valence-electron chi connectivity index (χ2n) is 6.53. The first-order valence-corrected chi connectivity index (χ1v) is 7.00. The summed E-state index contributed by atoms with van der Waals surface area (Å²) >= 11 is 0. The highest BCUT2D eigenvalue weighted by Gasteiger charge is 2.54. The van der Waals surface area contributed by atoms with E-state index in [4.69, 9.17) is 0 Å². The van der Waals surface area contributed by atoms with E-state index in [9.17, 15) is 9.59 Å². The van der Waals surface area contributed by atoms with Crippen LogP contribution in [-0.4, -0.2) is 18.4 Å². The van der Waals surface area contributed by atoms with Gasteiger partial charge < -0.3 is 10.6 Å². The van der Waals surface area contributed by atoms with E-state index in [1.807, 2.05) is 0 Å². The number of rotatable bonds is 3. The van der Waals surface area contributed by atoms with Gasteiger partial charge in [0.2, 0.25) is 11.8 Å². The molecular weight excluding hydrogens is 240 g/mol. The van der Waals surface area contributed by atoms with Crippen LogP contribution in [0.25, 0.3) is 0 Å². The van der Waals surface area contributed by atoms with E-state index in [1.165, 1.54) is 12.5 Å². The number of carbonyl (C=O) groups is 2. The minimum atomic E-state index is -0.0247. The number of hydrogen-bond acceptors (Lipinski definition) is 2. The number of fused-ring (bicyclic) bond motifs is 2. The SMILES string of the molecule is CC(=O)NCC1=C(NC(C)=O)[C@H]2C[C@H]1C(C)(C)[C@@H]2C. The van der Waals surface area contributed by atoms with Crippen molar-refractivity contribution >= 4 is 11.8 Å². The summed E-state index contributed by atoms with van der Waals surface area (Å²) in [7, 11) is 0. The van der Waals surface area contributed by atoms with Crippen molar-refractivity contribution in [2.75, 3.05) is 6.54 Å². The van der Waals surface area contributed by atoms with Crippen LogP contribution in [0.15, 0.2) is 11.3 Å². The van der Waals surface area contributed by atoms with Crippen LogP contribution in [0.5, 0.6) is 0 Å². The van der Waals surface area contributed by atoms with Crippen LogP contribution in [0.3, 0.4) is 0 Å². The molecule has 4 nitrogen and oxygen atoms in total. The zero-order chi connectivity index (χ0) is 14.4. The zero-order valence-corrected chi connectivity index (χ0v) is 12.5. The Morgan fingerprint density at radius 3 is 2.42 bits per heavy atom. The number of nitrogens with one attached hydrogen (secondary N) is 2. The lowest BCUT2D eigenvalue weighted by molar-refractivity contribution is -0.119. The summed E-state index contributed by atoms with van der Waals surface area (Å²) in [6, 6.07) is 0. The Balaban J connectivity index is 2.31. The normalized spacial score (nSPS) is 31.5. The smallest absolute Gasteiger partial charge is 0.221 e. The summed E-state index contributed by atoms with van der Waals surface area (Å²) in [5.41, 5.74) is 2.53. The molecule has 2 aliphatic carbocycles. The lowest BCUT2D eigenvalue weighted by atomic mass is 9.68. The molecule has 0 unspecified atom stereocenters. The molecule has 2 rings (SSSR count). The van der Waals surface area contributed by atoms with Gasteiger partial charge in [0.05, 0.1) is 0 Å². The molecule has 0 aliphatic heterocycles. The maximum absolute atomic E-state index is 11.4. The van der Waals surface area contributed by atoms with Gasteiger partial charge in [-0.25, -0.2) is 0 Å². The van der Waals surface area contributed by atoms with Crippen molar-refractivity contribution in [1.82, 2.24) is 10.6 Å². The fraction of sp³-hybridized carbons (Fsp3) is 0.733. The van der Waals surface area contributed by atoms with E-state index < -0.39 is 0 Å². The molecule has 4 heteroatoms. The minimum absolute atomic E-state index is 0.0205. The molecule has 0 saturated heterocycles.